The second-order valence-corrected chi connectivity index (χ2v) is 8.97. The molecule has 4 rings (SSSR count). The van der Waals surface area contributed by atoms with Gasteiger partial charge in [0.25, 0.3) is 10.0 Å². The molecule has 0 bridgehead atoms. The van der Waals surface area contributed by atoms with E-state index < -0.39 is 10.0 Å². The molecule has 0 spiro atoms. The summed E-state index contributed by atoms with van der Waals surface area (Å²) in [5.41, 5.74) is 2.23. The number of nitrogens with one attached hydrogen (secondary N) is 1. The van der Waals surface area contributed by atoms with Crippen molar-refractivity contribution in [3.05, 3.63) is 83.6 Å². The molecule has 0 atom stereocenters. The molecule has 0 amide bonds. The fourth-order valence-electron chi connectivity index (χ4n) is 2.69. The van der Waals surface area contributed by atoms with Gasteiger partial charge in [-0.25, -0.2) is 22.4 Å². The summed E-state index contributed by atoms with van der Waals surface area (Å²) < 4.78 is 27.9. The highest BCUT2D eigenvalue weighted by Crippen LogP contribution is 2.30. The van der Waals surface area contributed by atoms with E-state index >= 15 is 0 Å². The molecule has 0 saturated heterocycles. The average Bonchev–Trinajstić information content (AvgIpc) is 3.07. The first-order chi connectivity index (χ1) is 13.1. The van der Waals surface area contributed by atoms with E-state index in [2.05, 4.69) is 9.97 Å². The summed E-state index contributed by atoms with van der Waals surface area (Å²) in [4.78, 5) is 7.75. The molecule has 4 aromatic rings. The van der Waals surface area contributed by atoms with Gasteiger partial charge in [0, 0.05) is 22.4 Å². The van der Waals surface area contributed by atoms with Crippen molar-refractivity contribution in [2.75, 3.05) is 0 Å². The van der Waals surface area contributed by atoms with Crippen LogP contribution in [0.5, 0.6) is 0 Å². The number of aromatic amines is 1. The molecule has 5 nitrogen and oxygen atoms in total. The Hall–Kier alpha value is -2.35. The molecule has 0 saturated carbocycles. The number of H-pyrrole nitrogens is 1. The second kappa shape index (κ2) is 7.34. The van der Waals surface area contributed by atoms with E-state index in [1.807, 2.05) is 36.7 Å². The van der Waals surface area contributed by atoms with Crippen molar-refractivity contribution in [3.8, 4) is 0 Å². The van der Waals surface area contributed by atoms with Crippen molar-refractivity contribution >= 4 is 44.4 Å². The van der Waals surface area contributed by atoms with Crippen LogP contribution in [0.2, 0.25) is 5.02 Å². The predicted octanol–water partition coefficient (Wildman–Crippen LogP) is 4.03. The largest absolute Gasteiger partial charge is 0.270 e. The highest BCUT2D eigenvalue weighted by atomic mass is 35.5. The molecule has 0 aliphatic rings. The van der Waals surface area contributed by atoms with Crippen LogP contribution < -0.4 is 4.98 Å². The molecule has 0 aliphatic carbocycles. The average molecular weight is 417 g/mol. The Morgan fingerprint density at radius 3 is 2.56 bits per heavy atom. The minimum absolute atomic E-state index is 0.171. The quantitative estimate of drug-likeness (QED) is 0.460. The zero-order valence-electron chi connectivity index (χ0n) is 14.0. The zero-order chi connectivity index (χ0) is 18.9. The Balaban J connectivity index is 1.81. The number of thioether (sulfide) groups is 1. The molecule has 1 N–H and O–H groups in total. The van der Waals surface area contributed by atoms with Crippen LogP contribution in [0.25, 0.3) is 11.0 Å². The number of imidazole rings is 1. The van der Waals surface area contributed by atoms with Crippen LogP contribution in [0.15, 0.2) is 83.1 Å². The predicted molar refractivity (Wildman–Crippen MR) is 106 cm³/mol. The third-order valence-electron chi connectivity index (χ3n) is 3.98. The lowest BCUT2D eigenvalue weighted by Crippen LogP contribution is -2.14. The third-order valence-corrected chi connectivity index (χ3v) is 7.08. The summed E-state index contributed by atoms with van der Waals surface area (Å²) in [7, 11) is -3.81. The summed E-state index contributed by atoms with van der Waals surface area (Å²) in [6.45, 7) is 0. The second-order valence-electron chi connectivity index (χ2n) is 5.81. The highest BCUT2D eigenvalue weighted by Gasteiger charge is 2.24. The van der Waals surface area contributed by atoms with Gasteiger partial charge < -0.3 is 0 Å². The number of benzene rings is 2. The highest BCUT2D eigenvalue weighted by molar-refractivity contribution is 7.99. The molecule has 2 heterocycles. The first-order valence-corrected chi connectivity index (χ1v) is 10.9. The van der Waals surface area contributed by atoms with Gasteiger partial charge in [0.2, 0.25) is 0 Å². The molecule has 0 fully saturated rings. The Morgan fingerprint density at radius 2 is 1.81 bits per heavy atom. The number of para-hydroxylation sites is 2. The van der Waals surface area contributed by atoms with Crippen LogP contribution in [0.1, 0.15) is 5.56 Å². The maximum Gasteiger partial charge on any atom is 0.270 e. The summed E-state index contributed by atoms with van der Waals surface area (Å²) in [5, 5.41) is 0.911. The topological polar surface area (TPSA) is 66.1 Å². The summed E-state index contributed by atoms with van der Waals surface area (Å²) in [6.07, 6.45) is 3.71. The number of halogens is 1. The first kappa shape index (κ1) is 18.0. The first-order valence-electron chi connectivity index (χ1n) is 8.12. The molecular formula is C19H15ClN3O2S2+. The Bertz CT molecular complexity index is 1190. The number of aromatic nitrogens is 3. The van der Waals surface area contributed by atoms with Crippen molar-refractivity contribution in [3.63, 3.8) is 0 Å². The maximum absolute atomic E-state index is 13.3. The van der Waals surface area contributed by atoms with Crippen LogP contribution in [0.3, 0.4) is 0 Å². The summed E-state index contributed by atoms with van der Waals surface area (Å²) in [5.74, 6) is 0.594. The maximum atomic E-state index is 13.3. The van der Waals surface area contributed by atoms with E-state index in [1.165, 1.54) is 27.9 Å². The minimum atomic E-state index is -3.81. The molecule has 0 unspecified atom stereocenters. The minimum Gasteiger partial charge on any atom is -0.222 e. The van der Waals surface area contributed by atoms with Crippen LogP contribution >= 0.6 is 23.4 Å². The van der Waals surface area contributed by atoms with Gasteiger partial charge in [0.05, 0.1) is 15.9 Å². The standard InChI is InChI=1S/C19H14ClN3O2S2/c20-15-7-9-16(10-8-15)27(24,25)23-18-6-2-1-5-17(18)22-19(23)26-13-14-4-3-11-21-12-14/h1-12H,13H2/p+1. The molecule has 0 aliphatic heterocycles. The number of rotatable bonds is 5. The monoisotopic (exact) mass is 416 g/mol. The molecule has 8 heteroatoms. The van der Waals surface area contributed by atoms with Crippen LogP contribution in [-0.4, -0.2) is 17.4 Å². The molecule has 136 valence electrons. The number of hydrogen-bond donors (Lipinski definition) is 0. The van der Waals surface area contributed by atoms with Crippen LogP contribution in [-0.2, 0) is 15.8 Å². The fraction of sp³-hybridized carbons (Fsp3) is 0.0526. The Morgan fingerprint density at radius 1 is 1.04 bits per heavy atom. The van der Waals surface area contributed by atoms with Crippen molar-refractivity contribution in [2.45, 2.75) is 15.8 Å². The van der Waals surface area contributed by atoms with Gasteiger partial charge in [-0.15, -0.1) is 0 Å². The normalized spacial score (nSPS) is 11.7. The Kier molecular flexibility index (Phi) is 4.90. The van der Waals surface area contributed by atoms with Crippen molar-refractivity contribution in [1.29, 1.82) is 0 Å². The van der Waals surface area contributed by atoms with Crippen molar-refractivity contribution in [1.82, 2.24) is 8.96 Å². The third kappa shape index (κ3) is 3.58. The van der Waals surface area contributed by atoms with Gasteiger partial charge in [-0.1, -0.05) is 35.5 Å². The molecule has 0 radical (unpaired) electrons. The molecule has 2 aromatic heterocycles. The van der Waals surface area contributed by atoms with E-state index in [1.54, 1.807) is 24.3 Å². The number of pyridine rings is 1. The lowest BCUT2D eigenvalue weighted by molar-refractivity contribution is -0.378. The van der Waals surface area contributed by atoms with Gasteiger partial charge in [0.1, 0.15) is 0 Å². The van der Waals surface area contributed by atoms with E-state index in [9.17, 15) is 8.42 Å². The molecule has 27 heavy (non-hydrogen) atoms. The molecular weight excluding hydrogens is 402 g/mol. The van der Waals surface area contributed by atoms with E-state index in [4.69, 9.17) is 11.6 Å². The summed E-state index contributed by atoms with van der Waals surface area (Å²) in [6, 6.07) is 17.3. The zero-order valence-corrected chi connectivity index (χ0v) is 16.4. The van der Waals surface area contributed by atoms with E-state index in [0.29, 0.717) is 27.0 Å². The smallest absolute Gasteiger partial charge is 0.222 e. The SMILES string of the molecule is O=S(=O)(c1ccc(Cl)cc1)n1c(SCc2ccc[nH+]c2)nc2ccccc21. The Labute approximate surface area is 166 Å². The molecule has 2 aromatic carbocycles. The number of nitrogens with zero attached hydrogens (tertiary/aromatic N) is 2. The van der Waals surface area contributed by atoms with E-state index in [0.717, 1.165) is 5.56 Å². The van der Waals surface area contributed by atoms with Crippen molar-refractivity contribution < 1.29 is 13.4 Å². The van der Waals surface area contributed by atoms with Gasteiger partial charge >= 0.3 is 0 Å². The van der Waals surface area contributed by atoms with Gasteiger partial charge in [0.15, 0.2) is 17.6 Å². The van der Waals surface area contributed by atoms with Crippen molar-refractivity contribution in [2.24, 2.45) is 0 Å². The van der Waals surface area contributed by atoms with Gasteiger partial charge in [-0.05, 0) is 42.5 Å². The lowest BCUT2D eigenvalue weighted by atomic mass is 10.3. The number of hydrogen-bond acceptors (Lipinski definition) is 4. The lowest BCUT2D eigenvalue weighted by Gasteiger charge is -2.10. The fourth-order valence-corrected chi connectivity index (χ4v) is 5.47. The summed E-state index contributed by atoms with van der Waals surface area (Å²) >= 11 is 7.29. The van der Waals surface area contributed by atoms with Gasteiger partial charge in [-0.3, -0.25) is 0 Å². The van der Waals surface area contributed by atoms with Gasteiger partial charge in [-0.2, -0.15) is 0 Å². The number of fused-ring (bicyclic) bond motifs is 1. The van der Waals surface area contributed by atoms with Crippen LogP contribution in [0.4, 0.5) is 0 Å². The van der Waals surface area contributed by atoms with E-state index in [-0.39, 0.29) is 4.90 Å². The van der Waals surface area contributed by atoms with Crippen LogP contribution in [0, 0.1) is 0 Å².